The molecule has 0 aliphatic heterocycles. The van der Waals surface area contributed by atoms with Gasteiger partial charge in [-0.15, -0.1) is 0 Å². The maximum Gasteiger partial charge on any atom is 0.253 e. The second-order valence-electron chi connectivity index (χ2n) is 4.56. The van der Waals surface area contributed by atoms with Gasteiger partial charge in [0.1, 0.15) is 0 Å². The zero-order valence-corrected chi connectivity index (χ0v) is 11.7. The second-order valence-corrected chi connectivity index (χ2v) is 4.56. The van der Waals surface area contributed by atoms with E-state index in [0.717, 1.165) is 16.8 Å². The van der Waals surface area contributed by atoms with Crippen LogP contribution in [0.4, 0.5) is 5.69 Å². The Morgan fingerprint density at radius 1 is 1.21 bits per heavy atom. The van der Waals surface area contributed by atoms with E-state index < -0.39 is 0 Å². The molecule has 0 saturated carbocycles. The molecule has 0 aliphatic rings. The summed E-state index contributed by atoms with van der Waals surface area (Å²) in [7, 11) is 3.95. The van der Waals surface area contributed by atoms with Crippen LogP contribution in [0.1, 0.15) is 19.4 Å². The van der Waals surface area contributed by atoms with Crippen molar-refractivity contribution in [3.63, 3.8) is 0 Å². The number of nitrogens with two attached hydrogens (primary N) is 1. The molecule has 19 heavy (non-hydrogen) atoms. The predicted molar refractivity (Wildman–Crippen MR) is 79.1 cm³/mol. The average Bonchev–Trinajstić information content (AvgIpc) is 2.36. The van der Waals surface area contributed by atoms with E-state index in [-0.39, 0.29) is 11.9 Å². The highest BCUT2D eigenvalue weighted by Crippen LogP contribution is 2.21. The fourth-order valence-corrected chi connectivity index (χ4v) is 1.61. The predicted octanol–water partition coefficient (Wildman–Crippen LogP) is 1.56. The summed E-state index contributed by atoms with van der Waals surface area (Å²) < 4.78 is 0. The largest absolute Gasteiger partial charge is 0.378 e. The van der Waals surface area contributed by atoms with Gasteiger partial charge >= 0.3 is 0 Å². The quantitative estimate of drug-likeness (QED) is 0.438. The molecule has 0 aliphatic carbocycles. The lowest BCUT2D eigenvalue weighted by Gasteiger charge is -2.13. The smallest absolute Gasteiger partial charge is 0.253 e. The fourth-order valence-electron chi connectivity index (χ4n) is 1.61. The highest BCUT2D eigenvalue weighted by atomic mass is 16.1. The molecule has 1 aromatic rings. The van der Waals surface area contributed by atoms with Gasteiger partial charge in [0, 0.05) is 25.4 Å². The minimum Gasteiger partial charge on any atom is -0.378 e. The van der Waals surface area contributed by atoms with Crippen LogP contribution in [0.25, 0.3) is 5.57 Å². The lowest BCUT2D eigenvalue weighted by atomic mass is 10.0. The third kappa shape index (κ3) is 3.84. The molecular weight excluding hydrogens is 240 g/mol. The van der Waals surface area contributed by atoms with Crippen molar-refractivity contribution in [2.45, 2.75) is 13.8 Å². The third-order valence-corrected chi connectivity index (χ3v) is 2.97. The number of rotatable bonds is 3. The summed E-state index contributed by atoms with van der Waals surface area (Å²) in [4.78, 5) is 13.8. The minimum atomic E-state index is -0.347. The van der Waals surface area contributed by atoms with Gasteiger partial charge in [0.2, 0.25) is 0 Å². The van der Waals surface area contributed by atoms with E-state index in [1.54, 1.807) is 6.92 Å². The number of nitrogens with one attached hydrogen (secondary N) is 2. The summed E-state index contributed by atoms with van der Waals surface area (Å²) in [6.07, 6.45) is 0. The third-order valence-electron chi connectivity index (χ3n) is 2.97. The second kappa shape index (κ2) is 6.04. The summed E-state index contributed by atoms with van der Waals surface area (Å²) in [5.74, 6) is -0.693. The molecule has 1 aromatic carbocycles. The van der Waals surface area contributed by atoms with Gasteiger partial charge in [-0.1, -0.05) is 12.1 Å². The van der Waals surface area contributed by atoms with Crippen LogP contribution in [0.2, 0.25) is 0 Å². The maximum atomic E-state index is 11.7. The van der Waals surface area contributed by atoms with Gasteiger partial charge in [0.05, 0.1) is 0 Å². The minimum absolute atomic E-state index is 0.346. The van der Waals surface area contributed by atoms with Crippen LogP contribution in [0.5, 0.6) is 0 Å². The van der Waals surface area contributed by atoms with E-state index in [9.17, 15) is 4.79 Å². The standard InChI is InChI=1S/C14H20N4O/c1-9(10(2)13(19)17-14(15)16)11-5-7-12(8-6-11)18(3)4/h5-8H,1-4H3,(H4,15,16,17,19)/b10-9+. The zero-order valence-electron chi connectivity index (χ0n) is 11.7. The van der Waals surface area contributed by atoms with Crippen molar-refractivity contribution < 1.29 is 4.79 Å². The molecule has 102 valence electrons. The molecule has 1 amide bonds. The monoisotopic (exact) mass is 260 g/mol. The van der Waals surface area contributed by atoms with E-state index in [0.29, 0.717) is 5.57 Å². The van der Waals surface area contributed by atoms with Crippen LogP contribution in [0, 0.1) is 5.41 Å². The number of carbonyl (C=O) groups is 1. The molecule has 0 aromatic heterocycles. The summed E-state index contributed by atoms with van der Waals surface area (Å²) in [5.41, 5.74) is 8.63. The van der Waals surface area contributed by atoms with Crippen molar-refractivity contribution in [1.29, 1.82) is 5.41 Å². The summed E-state index contributed by atoms with van der Waals surface area (Å²) in [6, 6.07) is 7.93. The normalized spacial score (nSPS) is 11.6. The molecule has 0 heterocycles. The average molecular weight is 260 g/mol. The Kier molecular flexibility index (Phi) is 4.69. The lowest BCUT2D eigenvalue weighted by molar-refractivity contribution is -0.116. The van der Waals surface area contributed by atoms with Gasteiger partial charge in [-0.25, -0.2) is 0 Å². The molecule has 1 rings (SSSR count). The summed E-state index contributed by atoms with van der Waals surface area (Å²) >= 11 is 0. The van der Waals surface area contributed by atoms with Crippen LogP contribution < -0.4 is 16.0 Å². The maximum absolute atomic E-state index is 11.7. The van der Waals surface area contributed by atoms with Gasteiger partial charge in [-0.3, -0.25) is 15.5 Å². The van der Waals surface area contributed by atoms with Crippen molar-refractivity contribution in [2.75, 3.05) is 19.0 Å². The molecule has 0 unspecified atom stereocenters. The molecule has 4 N–H and O–H groups in total. The number of carbonyl (C=O) groups excluding carboxylic acids is 1. The van der Waals surface area contributed by atoms with E-state index in [4.69, 9.17) is 11.1 Å². The van der Waals surface area contributed by atoms with Gasteiger partial charge in [-0.2, -0.15) is 0 Å². The van der Waals surface area contributed by atoms with Crippen LogP contribution in [0.3, 0.4) is 0 Å². The van der Waals surface area contributed by atoms with E-state index in [1.807, 2.05) is 50.2 Å². The number of hydrogen-bond donors (Lipinski definition) is 3. The first-order chi connectivity index (χ1) is 8.82. The Balaban J connectivity index is 3.00. The number of nitrogens with zero attached hydrogens (tertiary/aromatic N) is 1. The molecule has 0 radical (unpaired) electrons. The number of amides is 1. The topological polar surface area (TPSA) is 82.2 Å². The van der Waals surface area contributed by atoms with E-state index in [2.05, 4.69) is 5.32 Å². The molecule has 5 nitrogen and oxygen atoms in total. The van der Waals surface area contributed by atoms with Crippen LogP contribution in [-0.2, 0) is 4.79 Å². The molecule has 0 atom stereocenters. The molecule has 0 bridgehead atoms. The Labute approximate surface area is 113 Å². The first kappa shape index (κ1) is 14.8. The number of hydrogen-bond acceptors (Lipinski definition) is 3. The first-order valence-electron chi connectivity index (χ1n) is 5.93. The Bertz CT molecular complexity index is 515. The van der Waals surface area contributed by atoms with Crippen LogP contribution in [-0.4, -0.2) is 26.0 Å². The van der Waals surface area contributed by atoms with Crippen molar-refractivity contribution in [3.05, 3.63) is 35.4 Å². The number of guanidine groups is 1. The first-order valence-corrected chi connectivity index (χ1v) is 5.93. The number of anilines is 1. The zero-order chi connectivity index (χ0) is 14.6. The highest BCUT2D eigenvalue weighted by molar-refractivity contribution is 6.07. The number of benzene rings is 1. The Morgan fingerprint density at radius 3 is 2.16 bits per heavy atom. The van der Waals surface area contributed by atoms with Crippen molar-refractivity contribution in [3.8, 4) is 0 Å². The van der Waals surface area contributed by atoms with Crippen molar-refractivity contribution >= 4 is 23.1 Å². The SMILES string of the molecule is C/C(C(=O)NC(=N)N)=C(/C)c1ccc(N(C)C)cc1. The highest BCUT2D eigenvalue weighted by Gasteiger charge is 2.10. The molecule has 0 spiro atoms. The molecule has 0 saturated heterocycles. The van der Waals surface area contributed by atoms with Crippen molar-refractivity contribution in [1.82, 2.24) is 5.32 Å². The number of allylic oxidation sites excluding steroid dienone is 1. The van der Waals surface area contributed by atoms with Crippen LogP contribution >= 0.6 is 0 Å². The summed E-state index contributed by atoms with van der Waals surface area (Å²) in [5, 5.41) is 9.34. The van der Waals surface area contributed by atoms with Crippen molar-refractivity contribution in [2.24, 2.45) is 5.73 Å². The fraction of sp³-hybridized carbons (Fsp3) is 0.286. The van der Waals surface area contributed by atoms with Crippen LogP contribution in [0.15, 0.2) is 29.8 Å². The molecule has 0 fully saturated rings. The lowest BCUT2D eigenvalue weighted by Crippen LogP contribution is -2.36. The Hall–Kier alpha value is -2.30. The van der Waals surface area contributed by atoms with E-state index in [1.165, 1.54) is 0 Å². The Morgan fingerprint density at radius 2 is 1.74 bits per heavy atom. The van der Waals surface area contributed by atoms with Gasteiger partial charge in [-0.05, 0) is 37.1 Å². The van der Waals surface area contributed by atoms with Gasteiger partial charge < -0.3 is 10.6 Å². The van der Waals surface area contributed by atoms with Gasteiger partial charge in [0.25, 0.3) is 5.91 Å². The molecule has 5 heteroatoms. The molecular formula is C14H20N4O. The summed E-state index contributed by atoms with van der Waals surface area (Å²) in [6.45, 7) is 3.59. The van der Waals surface area contributed by atoms with Gasteiger partial charge in [0.15, 0.2) is 5.96 Å². The van der Waals surface area contributed by atoms with E-state index >= 15 is 0 Å².